The lowest BCUT2D eigenvalue weighted by molar-refractivity contribution is -0.125. The minimum atomic E-state index is -0.462. The first-order chi connectivity index (χ1) is 10.8. The lowest BCUT2D eigenvalue weighted by Crippen LogP contribution is -2.46. The molecule has 0 radical (unpaired) electrons. The van der Waals surface area contributed by atoms with Gasteiger partial charge in [0.1, 0.15) is 11.4 Å². The Balaban J connectivity index is 1.58. The van der Waals surface area contributed by atoms with Crippen LogP contribution in [-0.2, 0) is 4.79 Å². The molecule has 1 aromatic rings. The quantitative estimate of drug-likeness (QED) is 0.867. The Bertz CT molecular complexity index is 690. The van der Waals surface area contributed by atoms with Crippen molar-refractivity contribution in [3.05, 3.63) is 29.8 Å². The lowest BCUT2D eigenvalue weighted by atomic mass is 9.84. The summed E-state index contributed by atoms with van der Waals surface area (Å²) in [5.41, 5.74) is -0.00890. The van der Waals surface area contributed by atoms with Gasteiger partial charge < -0.3 is 10.1 Å². The van der Waals surface area contributed by atoms with Gasteiger partial charge in [-0.2, -0.15) is 0 Å². The molecule has 1 aliphatic heterocycles. The van der Waals surface area contributed by atoms with Crippen molar-refractivity contribution in [1.29, 1.82) is 0 Å². The molecule has 2 aliphatic carbocycles. The summed E-state index contributed by atoms with van der Waals surface area (Å²) in [6.07, 6.45) is 2.26. The van der Waals surface area contributed by atoms with Crippen LogP contribution in [0.2, 0.25) is 0 Å². The Morgan fingerprint density at radius 3 is 2.78 bits per heavy atom. The second-order valence-electron chi connectivity index (χ2n) is 8.26. The summed E-state index contributed by atoms with van der Waals surface area (Å²) >= 11 is 0. The number of fused-ring (bicyclic) bond motifs is 3. The normalized spacial score (nSPS) is 34.6. The van der Waals surface area contributed by atoms with Crippen LogP contribution in [0.3, 0.4) is 0 Å². The average Bonchev–Trinajstić information content (AvgIpc) is 3.10. The van der Waals surface area contributed by atoms with Gasteiger partial charge in [0.25, 0.3) is 0 Å². The Morgan fingerprint density at radius 1 is 1.30 bits per heavy atom. The van der Waals surface area contributed by atoms with E-state index in [9.17, 15) is 9.59 Å². The molecule has 1 N–H and O–H groups in total. The van der Waals surface area contributed by atoms with Gasteiger partial charge in [0.2, 0.25) is 5.91 Å². The van der Waals surface area contributed by atoms with Crippen LogP contribution in [-0.4, -0.2) is 22.8 Å². The third kappa shape index (κ3) is 2.27. The zero-order valence-electron chi connectivity index (χ0n) is 13.9. The van der Waals surface area contributed by atoms with Gasteiger partial charge in [-0.25, -0.2) is 0 Å². The maximum Gasteiger partial charge on any atom is 0.224 e. The lowest BCUT2D eigenvalue weighted by Gasteiger charge is -2.37. The minimum Gasteiger partial charge on any atom is -0.486 e. The van der Waals surface area contributed by atoms with Gasteiger partial charge in [0, 0.05) is 17.4 Å². The van der Waals surface area contributed by atoms with Crippen molar-refractivity contribution in [2.24, 2.45) is 17.8 Å². The van der Waals surface area contributed by atoms with E-state index in [4.69, 9.17) is 4.74 Å². The van der Waals surface area contributed by atoms with Crippen LogP contribution < -0.4 is 10.1 Å². The van der Waals surface area contributed by atoms with Crippen molar-refractivity contribution >= 4 is 11.7 Å². The standard InChI is InChI=1S/C19H23NO3/c1-18(2,3)20-17(22)15-12-8-9-19(16(12)15)10-13(21)11-6-4-5-7-14(11)23-19/h4-7,12,15-16H,8-10H2,1-3H3,(H,20,22)/t12-,15+,16+,19-/m0/s1. The SMILES string of the molecule is CC(C)(C)NC(=O)[C@@H]1[C@@H]2CC[C@]3(CC(=O)c4ccccc4O3)[C@H]21. The first kappa shape index (κ1) is 14.7. The number of hydrogen-bond donors (Lipinski definition) is 1. The zero-order valence-corrected chi connectivity index (χ0v) is 13.9. The molecule has 4 atom stereocenters. The van der Waals surface area contributed by atoms with E-state index in [0.29, 0.717) is 23.7 Å². The molecular formula is C19H23NO3. The predicted molar refractivity (Wildman–Crippen MR) is 86.3 cm³/mol. The van der Waals surface area contributed by atoms with E-state index in [1.54, 1.807) is 0 Å². The molecule has 3 aliphatic rings. The number of carbonyl (C=O) groups excluding carboxylic acids is 2. The third-order valence-electron chi connectivity index (χ3n) is 5.44. The number of ether oxygens (including phenoxy) is 1. The summed E-state index contributed by atoms with van der Waals surface area (Å²) in [5.74, 6) is 1.50. The molecule has 0 bridgehead atoms. The van der Waals surface area contributed by atoms with Gasteiger partial charge >= 0.3 is 0 Å². The highest BCUT2D eigenvalue weighted by Gasteiger charge is 2.70. The van der Waals surface area contributed by atoms with Crippen LogP contribution in [0.25, 0.3) is 0 Å². The van der Waals surface area contributed by atoms with Crippen LogP contribution in [0, 0.1) is 17.8 Å². The second-order valence-corrected chi connectivity index (χ2v) is 8.26. The zero-order chi connectivity index (χ0) is 16.4. The summed E-state index contributed by atoms with van der Waals surface area (Å²) in [4.78, 5) is 25.1. The molecule has 4 rings (SSSR count). The van der Waals surface area contributed by atoms with Crippen molar-refractivity contribution in [1.82, 2.24) is 5.32 Å². The maximum atomic E-state index is 12.5. The molecule has 0 saturated heterocycles. The van der Waals surface area contributed by atoms with E-state index in [2.05, 4.69) is 5.32 Å². The van der Waals surface area contributed by atoms with E-state index < -0.39 is 5.60 Å². The smallest absolute Gasteiger partial charge is 0.224 e. The highest BCUT2D eigenvalue weighted by Crippen LogP contribution is 2.65. The van der Waals surface area contributed by atoms with Crippen molar-refractivity contribution < 1.29 is 14.3 Å². The van der Waals surface area contributed by atoms with E-state index in [1.807, 2.05) is 45.0 Å². The van der Waals surface area contributed by atoms with Crippen LogP contribution in [0.1, 0.15) is 50.4 Å². The topological polar surface area (TPSA) is 55.4 Å². The van der Waals surface area contributed by atoms with Gasteiger partial charge in [-0.05, 0) is 51.7 Å². The summed E-state index contributed by atoms with van der Waals surface area (Å²) in [5, 5.41) is 3.08. The molecule has 4 heteroatoms. The molecule has 1 aromatic carbocycles. The number of nitrogens with one attached hydrogen (secondary N) is 1. The van der Waals surface area contributed by atoms with Crippen LogP contribution >= 0.6 is 0 Å². The third-order valence-corrected chi connectivity index (χ3v) is 5.44. The van der Waals surface area contributed by atoms with Crippen molar-refractivity contribution in [2.45, 2.75) is 51.2 Å². The fourth-order valence-corrected chi connectivity index (χ4v) is 4.57. The molecule has 2 fully saturated rings. The van der Waals surface area contributed by atoms with E-state index in [1.165, 1.54) is 0 Å². The number of para-hydroxylation sites is 1. The van der Waals surface area contributed by atoms with E-state index in [0.717, 1.165) is 12.8 Å². The van der Waals surface area contributed by atoms with Gasteiger partial charge in [-0.3, -0.25) is 9.59 Å². The first-order valence-electron chi connectivity index (χ1n) is 8.44. The Kier molecular flexibility index (Phi) is 2.94. The fourth-order valence-electron chi connectivity index (χ4n) is 4.57. The maximum absolute atomic E-state index is 12.5. The van der Waals surface area contributed by atoms with E-state index >= 15 is 0 Å². The number of ketones is 1. The summed E-state index contributed by atoms with van der Waals surface area (Å²) < 4.78 is 6.31. The number of amides is 1. The molecule has 2 saturated carbocycles. The molecule has 1 heterocycles. The second kappa shape index (κ2) is 4.59. The van der Waals surface area contributed by atoms with Crippen molar-refractivity contribution in [2.75, 3.05) is 0 Å². The van der Waals surface area contributed by atoms with Crippen LogP contribution in [0.15, 0.2) is 24.3 Å². The number of carbonyl (C=O) groups is 2. The Morgan fingerprint density at radius 2 is 2.04 bits per heavy atom. The molecule has 23 heavy (non-hydrogen) atoms. The molecule has 0 unspecified atom stereocenters. The minimum absolute atomic E-state index is 0.000960. The van der Waals surface area contributed by atoms with Gasteiger partial charge in [-0.15, -0.1) is 0 Å². The molecule has 0 aromatic heterocycles. The molecule has 4 nitrogen and oxygen atoms in total. The van der Waals surface area contributed by atoms with Crippen molar-refractivity contribution in [3.63, 3.8) is 0 Å². The molecule has 1 amide bonds. The summed E-state index contributed by atoms with van der Waals surface area (Å²) in [6, 6.07) is 7.46. The van der Waals surface area contributed by atoms with Gasteiger partial charge in [0.05, 0.1) is 12.0 Å². The number of hydrogen-bond acceptors (Lipinski definition) is 3. The average molecular weight is 313 g/mol. The van der Waals surface area contributed by atoms with Gasteiger partial charge in [0.15, 0.2) is 5.78 Å². The number of benzene rings is 1. The molecule has 122 valence electrons. The van der Waals surface area contributed by atoms with Crippen LogP contribution in [0.5, 0.6) is 5.75 Å². The largest absolute Gasteiger partial charge is 0.486 e. The molecule has 1 spiro atoms. The summed E-state index contributed by atoms with van der Waals surface area (Å²) in [7, 11) is 0. The Hall–Kier alpha value is -1.84. The highest BCUT2D eigenvalue weighted by molar-refractivity contribution is 6.00. The van der Waals surface area contributed by atoms with Crippen molar-refractivity contribution in [3.8, 4) is 5.75 Å². The predicted octanol–water partition coefficient (Wildman–Crippen LogP) is 2.96. The Labute approximate surface area is 136 Å². The highest BCUT2D eigenvalue weighted by atomic mass is 16.5. The number of Topliss-reactive ketones (excluding diaryl/α,β-unsaturated/α-hetero) is 1. The monoisotopic (exact) mass is 313 g/mol. The summed E-state index contributed by atoms with van der Waals surface area (Å²) in [6.45, 7) is 5.99. The van der Waals surface area contributed by atoms with Crippen LogP contribution in [0.4, 0.5) is 0 Å². The first-order valence-corrected chi connectivity index (χ1v) is 8.44. The number of rotatable bonds is 1. The molecular weight excluding hydrogens is 290 g/mol. The van der Waals surface area contributed by atoms with E-state index in [-0.39, 0.29) is 29.1 Å². The van der Waals surface area contributed by atoms with Gasteiger partial charge in [-0.1, -0.05) is 12.1 Å². The fraction of sp³-hybridized carbons (Fsp3) is 0.579.